The lowest BCUT2D eigenvalue weighted by atomic mass is 10.1. The lowest BCUT2D eigenvalue weighted by Crippen LogP contribution is -2.34. The predicted molar refractivity (Wildman–Crippen MR) is 88.1 cm³/mol. The molecule has 118 valence electrons. The molecular weight excluding hydrogens is 292 g/mol. The van der Waals surface area contributed by atoms with Crippen LogP contribution >= 0.6 is 0 Å². The lowest BCUT2D eigenvalue weighted by molar-refractivity contribution is -0.136. The van der Waals surface area contributed by atoms with Gasteiger partial charge in [0.1, 0.15) is 0 Å². The van der Waals surface area contributed by atoms with Gasteiger partial charge in [-0.3, -0.25) is 14.4 Å². The van der Waals surface area contributed by atoms with Crippen molar-refractivity contribution in [3.05, 3.63) is 65.2 Å². The molecule has 0 fully saturated rings. The molecule has 2 aromatic carbocycles. The van der Waals surface area contributed by atoms with Crippen LogP contribution in [0.4, 0.5) is 5.69 Å². The van der Waals surface area contributed by atoms with E-state index in [0.29, 0.717) is 11.3 Å². The normalized spacial score (nSPS) is 10.0. The molecular formula is C18H18N2O3. The van der Waals surface area contributed by atoms with Crippen LogP contribution in [0.15, 0.2) is 48.5 Å². The minimum Gasteiger partial charge on any atom is -0.344 e. The van der Waals surface area contributed by atoms with Gasteiger partial charge in [-0.2, -0.15) is 0 Å². The Morgan fingerprint density at radius 1 is 0.957 bits per heavy atom. The predicted octanol–water partition coefficient (Wildman–Crippen LogP) is 2.45. The minimum absolute atomic E-state index is 0.0567. The molecule has 2 aromatic rings. The van der Waals surface area contributed by atoms with Gasteiger partial charge in [-0.05, 0) is 43.7 Å². The highest BCUT2D eigenvalue weighted by Crippen LogP contribution is 2.10. The number of ketones is 1. The molecule has 0 saturated heterocycles. The van der Waals surface area contributed by atoms with Crippen molar-refractivity contribution in [3.63, 3.8) is 0 Å². The number of benzene rings is 2. The van der Waals surface area contributed by atoms with Crippen molar-refractivity contribution in [2.45, 2.75) is 20.4 Å². The summed E-state index contributed by atoms with van der Waals surface area (Å²) in [4.78, 5) is 34.8. The van der Waals surface area contributed by atoms with Crippen molar-refractivity contribution < 1.29 is 14.4 Å². The van der Waals surface area contributed by atoms with Crippen LogP contribution in [-0.4, -0.2) is 17.6 Å². The van der Waals surface area contributed by atoms with E-state index in [1.54, 1.807) is 24.3 Å². The van der Waals surface area contributed by atoms with Crippen LogP contribution in [0, 0.1) is 6.92 Å². The van der Waals surface area contributed by atoms with Crippen molar-refractivity contribution in [1.29, 1.82) is 0 Å². The summed E-state index contributed by atoms with van der Waals surface area (Å²) < 4.78 is 0. The topological polar surface area (TPSA) is 75.3 Å². The molecule has 5 heteroatoms. The highest BCUT2D eigenvalue weighted by atomic mass is 16.2. The number of rotatable bonds is 4. The summed E-state index contributed by atoms with van der Waals surface area (Å²) in [6, 6.07) is 14.1. The summed E-state index contributed by atoms with van der Waals surface area (Å²) in [6.45, 7) is 3.71. The Hall–Kier alpha value is -2.95. The molecule has 0 unspecified atom stereocenters. The van der Waals surface area contributed by atoms with Crippen LogP contribution in [0.2, 0.25) is 0 Å². The molecule has 5 nitrogen and oxygen atoms in total. The maximum atomic E-state index is 11.8. The Bertz CT molecular complexity index is 736. The van der Waals surface area contributed by atoms with Gasteiger partial charge in [0.2, 0.25) is 0 Å². The third-order valence-electron chi connectivity index (χ3n) is 3.29. The SMILES string of the molecule is CC(=O)c1ccc(NC(=O)C(=O)NCc2cccc(C)c2)cc1. The van der Waals surface area contributed by atoms with Crippen LogP contribution in [0.5, 0.6) is 0 Å². The zero-order valence-corrected chi connectivity index (χ0v) is 13.1. The van der Waals surface area contributed by atoms with Gasteiger partial charge in [-0.25, -0.2) is 0 Å². The maximum Gasteiger partial charge on any atom is 0.313 e. The Morgan fingerprint density at radius 3 is 2.26 bits per heavy atom. The van der Waals surface area contributed by atoms with Crippen molar-refractivity contribution in [3.8, 4) is 0 Å². The number of nitrogens with one attached hydrogen (secondary N) is 2. The van der Waals surface area contributed by atoms with Gasteiger partial charge in [-0.15, -0.1) is 0 Å². The summed E-state index contributed by atoms with van der Waals surface area (Å²) >= 11 is 0. The van der Waals surface area contributed by atoms with E-state index >= 15 is 0 Å². The largest absolute Gasteiger partial charge is 0.344 e. The van der Waals surface area contributed by atoms with Gasteiger partial charge >= 0.3 is 11.8 Å². The molecule has 0 saturated carbocycles. The van der Waals surface area contributed by atoms with Gasteiger partial charge in [0, 0.05) is 17.8 Å². The van der Waals surface area contributed by atoms with E-state index in [9.17, 15) is 14.4 Å². The first-order valence-corrected chi connectivity index (χ1v) is 7.21. The second kappa shape index (κ2) is 7.35. The highest BCUT2D eigenvalue weighted by molar-refractivity contribution is 6.39. The second-order valence-corrected chi connectivity index (χ2v) is 5.26. The fourth-order valence-corrected chi connectivity index (χ4v) is 2.06. The highest BCUT2D eigenvalue weighted by Gasteiger charge is 2.13. The number of anilines is 1. The van der Waals surface area contributed by atoms with Crippen LogP contribution in [0.3, 0.4) is 0 Å². The van der Waals surface area contributed by atoms with E-state index in [1.807, 2.05) is 31.2 Å². The van der Waals surface area contributed by atoms with E-state index in [4.69, 9.17) is 0 Å². The van der Waals surface area contributed by atoms with Crippen molar-refractivity contribution in [2.75, 3.05) is 5.32 Å². The zero-order valence-electron chi connectivity index (χ0n) is 13.1. The Labute approximate surface area is 134 Å². The molecule has 0 radical (unpaired) electrons. The van der Waals surface area contributed by atoms with Gasteiger partial charge in [0.05, 0.1) is 0 Å². The summed E-state index contributed by atoms with van der Waals surface area (Å²) in [5.41, 5.74) is 3.03. The third-order valence-corrected chi connectivity index (χ3v) is 3.29. The number of amides is 2. The van der Waals surface area contributed by atoms with Crippen molar-refractivity contribution in [2.24, 2.45) is 0 Å². The van der Waals surface area contributed by atoms with Crippen molar-refractivity contribution in [1.82, 2.24) is 5.32 Å². The molecule has 0 aliphatic carbocycles. The Kier molecular flexibility index (Phi) is 5.25. The summed E-state index contributed by atoms with van der Waals surface area (Å²) in [7, 11) is 0. The smallest absolute Gasteiger partial charge is 0.313 e. The van der Waals surface area contributed by atoms with E-state index < -0.39 is 11.8 Å². The Morgan fingerprint density at radius 2 is 1.65 bits per heavy atom. The molecule has 0 spiro atoms. The molecule has 0 bridgehead atoms. The summed E-state index contributed by atoms with van der Waals surface area (Å²) in [5, 5.41) is 5.06. The van der Waals surface area contributed by atoms with Gasteiger partial charge in [-0.1, -0.05) is 29.8 Å². The number of Topliss-reactive ketones (excluding diaryl/α,β-unsaturated/α-hetero) is 1. The summed E-state index contributed by atoms with van der Waals surface area (Å²) in [5.74, 6) is -1.51. The number of aryl methyl sites for hydroxylation is 1. The van der Waals surface area contributed by atoms with Gasteiger partial charge in [0.15, 0.2) is 5.78 Å². The van der Waals surface area contributed by atoms with E-state index in [-0.39, 0.29) is 12.3 Å². The standard InChI is InChI=1S/C18H18N2O3/c1-12-4-3-5-14(10-12)11-19-17(22)18(23)20-16-8-6-15(7-9-16)13(2)21/h3-10H,11H2,1-2H3,(H,19,22)(H,20,23). The van der Waals surface area contributed by atoms with Crippen LogP contribution in [-0.2, 0) is 16.1 Å². The molecule has 0 heterocycles. The maximum absolute atomic E-state index is 11.8. The van der Waals surface area contributed by atoms with Gasteiger partial charge < -0.3 is 10.6 Å². The Balaban J connectivity index is 1.89. The fraction of sp³-hybridized carbons (Fsp3) is 0.167. The lowest BCUT2D eigenvalue weighted by Gasteiger charge is -2.07. The minimum atomic E-state index is -0.742. The van der Waals surface area contributed by atoms with Gasteiger partial charge in [0.25, 0.3) is 0 Å². The molecule has 2 amide bonds. The average molecular weight is 310 g/mol. The molecule has 0 aromatic heterocycles. The number of carbonyl (C=O) groups is 3. The van der Waals surface area contributed by atoms with E-state index in [1.165, 1.54) is 6.92 Å². The van der Waals surface area contributed by atoms with E-state index in [2.05, 4.69) is 10.6 Å². The molecule has 0 aliphatic rings. The van der Waals surface area contributed by atoms with Crippen LogP contribution in [0.1, 0.15) is 28.4 Å². The monoisotopic (exact) mass is 310 g/mol. The number of carbonyl (C=O) groups excluding carboxylic acids is 3. The average Bonchev–Trinajstić information content (AvgIpc) is 2.53. The zero-order chi connectivity index (χ0) is 16.8. The quantitative estimate of drug-likeness (QED) is 0.673. The number of hydrogen-bond acceptors (Lipinski definition) is 3. The first kappa shape index (κ1) is 16.4. The van der Waals surface area contributed by atoms with Crippen LogP contribution < -0.4 is 10.6 Å². The first-order valence-electron chi connectivity index (χ1n) is 7.21. The number of hydrogen-bond donors (Lipinski definition) is 2. The fourth-order valence-electron chi connectivity index (χ4n) is 2.06. The first-order chi connectivity index (χ1) is 11.0. The molecule has 0 aliphatic heterocycles. The molecule has 0 atom stereocenters. The second-order valence-electron chi connectivity index (χ2n) is 5.26. The molecule has 2 N–H and O–H groups in total. The van der Waals surface area contributed by atoms with Crippen LogP contribution in [0.25, 0.3) is 0 Å². The summed E-state index contributed by atoms with van der Waals surface area (Å²) in [6.07, 6.45) is 0. The molecule has 2 rings (SSSR count). The van der Waals surface area contributed by atoms with E-state index in [0.717, 1.165) is 11.1 Å². The van der Waals surface area contributed by atoms with Crippen molar-refractivity contribution >= 4 is 23.3 Å². The molecule has 23 heavy (non-hydrogen) atoms. The third kappa shape index (κ3) is 4.78.